The Morgan fingerprint density at radius 1 is 1.14 bits per heavy atom. The summed E-state index contributed by atoms with van der Waals surface area (Å²) in [7, 11) is 0. The lowest BCUT2D eigenvalue weighted by Gasteiger charge is -2.07. The number of hydrogen-bond donors (Lipinski definition) is 1. The van der Waals surface area contributed by atoms with Crippen molar-refractivity contribution in [2.24, 2.45) is 5.10 Å². The van der Waals surface area contributed by atoms with Crippen LogP contribution in [-0.4, -0.2) is 23.7 Å². The quantitative estimate of drug-likeness (QED) is 0.246. The largest absolute Gasteiger partial charge is 0.494 e. The smallest absolute Gasteiger partial charge is 0.433 e. The number of amides is 1. The van der Waals surface area contributed by atoms with Crippen molar-refractivity contribution in [3.63, 3.8) is 0 Å². The standard InChI is InChI=1S/C20H25N3O5/c1-2-3-4-5-6-7-14-27-17-10-8-16(9-11-17)20(24)22-21-15-18-12-13-19(28-18)23(25)26/h8-13,15H,2-7,14H2,1H3,(H,22,24)/b21-15+. The molecule has 1 aromatic heterocycles. The van der Waals surface area contributed by atoms with Crippen LogP contribution in [0.4, 0.5) is 5.88 Å². The molecule has 2 rings (SSSR count). The predicted octanol–water partition coefficient (Wildman–Crippen LogP) is 4.69. The highest BCUT2D eigenvalue weighted by Gasteiger charge is 2.10. The van der Waals surface area contributed by atoms with Crippen LogP contribution in [-0.2, 0) is 0 Å². The maximum atomic E-state index is 12.0. The first-order valence-electron chi connectivity index (χ1n) is 9.40. The first kappa shape index (κ1) is 21.1. The van der Waals surface area contributed by atoms with Crippen LogP contribution in [0.25, 0.3) is 0 Å². The number of nitro groups is 1. The zero-order valence-electron chi connectivity index (χ0n) is 15.9. The molecule has 1 aromatic carbocycles. The van der Waals surface area contributed by atoms with Crippen LogP contribution >= 0.6 is 0 Å². The minimum Gasteiger partial charge on any atom is -0.494 e. The molecule has 150 valence electrons. The molecule has 0 atom stereocenters. The molecule has 1 amide bonds. The molecule has 0 aliphatic carbocycles. The number of rotatable bonds is 12. The molecule has 1 heterocycles. The Balaban J connectivity index is 1.72. The number of hydrogen-bond acceptors (Lipinski definition) is 6. The van der Waals surface area contributed by atoms with Gasteiger partial charge in [-0.05, 0) is 36.8 Å². The van der Waals surface area contributed by atoms with Crippen molar-refractivity contribution in [2.45, 2.75) is 45.4 Å². The molecule has 0 aliphatic heterocycles. The second kappa shape index (κ2) is 11.5. The third-order valence-corrected chi connectivity index (χ3v) is 4.03. The van der Waals surface area contributed by atoms with Gasteiger partial charge in [0, 0.05) is 5.56 Å². The van der Waals surface area contributed by atoms with Crippen molar-refractivity contribution >= 4 is 18.0 Å². The van der Waals surface area contributed by atoms with Gasteiger partial charge in [0.25, 0.3) is 5.91 Å². The predicted molar refractivity (Wildman–Crippen MR) is 106 cm³/mol. The van der Waals surface area contributed by atoms with Gasteiger partial charge in [-0.1, -0.05) is 39.0 Å². The molecule has 2 aromatic rings. The number of nitrogens with one attached hydrogen (secondary N) is 1. The van der Waals surface area contributed by atoms with Crippen molar-refractivity contribution in [2.75, 3.05) is 6.61 Å². The fourth-order valence-corrected chi connectivity index (χ4v) is 2.50. The van der Waals surface area contributed by atoms with E-state index in [2.05, 4.69) is 17.5 Å². The fourth-order valence-electron chi connectivity index (χ4n) is 2.50. The number of nitrogens with zero attached hydrogens (tertiary/aromatic N) is 2. The zero-order chi connectivity index (χ0) is 20.2. The Morgan fingerprint density at radius 3 is 2.54 bits per heavy atom. The third-order valence-electron chi connectivity index (χ3n) is 4.03. The van der Waals surface area contributed by atoms with E-state index in [0.29, 0.717) is 12.2 Å². The van der Waals surface area contributed by atoms with Gasteiger partial charge >= 0.3 is 5.88 Å². The van der Waals surface area contributed by atoms with E-state index >= 15 is 0 Å². The zero-order valence-corrected chi connectivity index (χ0v) is 15.9. The maximum Gasteiger partial charge on any atom is 0.433 e. The SMILES string of the molecule is CCCCCCCCOc1ccc(C(=O)N/N=C/c2ccc([N+](=O)[O-])o2)cc1. The van der Waals surface area contributed by atoms with Crippen LogP contribution in [0.2, 0.25) is 0 Å². The van der Waals surface area contributed by atoms with Gasteiger partial charge in [-0.25, -0.2) is 5.43 Å². The minimum absolute atomic E-state index is 0.172. The molecule has 0 aliphatic rings. The molecular weight excluding hydrogens is 362 g/mol. The monoisotopic (exact) mass is 387 g/mol. The minimum atomic E-state index is -0.647. The van der Waals surface area contributed by atoms with Crippen LogP contribution in [0.3, 0.4) is 0 Å². The summed E-state index contributed by atoms with van der Waals surface area (Å²) in [5, 5.41) is 14.3. The van der Waals surface area contributed by atoms with Gasteiger partial charge < -0.3 is 9.15 Å². The summed E-state index contributed by atoms with van der Waals surface area (Å²) in [6.07, 6.45) is 8.43. The molecule has 1 N–H and O–H groups in total. The van der Waals surface area contributed by atoms with E-state index in [1.165, 1.54) is 44.0 Å². The number of unbranched alkanes of at least 4 members (excludes halogenated alkanes) is 5. The van der Waals surface area contributed by atoms with Crippen molar-refractivity contribution in [3.05, 3.63) is 57.8 Å². The summed E-state index contributed by atoms with van der Waals surface area (Å²) < 4.78 is 10.6. The van der Waals surface area contributed by atoms with Gasteiger partial charge in [0.15, 0.2) is 5.76 Å². The Labute approximate surface area is 163 Å². The average Bonchev–Trinajstić information content (AvgIpc) is 3.17. The average molecular weight is 387 g/mol. The molecule has 0 unspecified atom stereocenters. The third kappa shape index (κ3) is 7.22. The van der Waals surface area contributed by atoms with Crippen molar-refractivity contribution < 1.29 is 18.9 Å². The molecule has 8 heteroatoms. The van der Waals surface area contributed by atoms with Crippen LogP contribution < -0.4 is 10.2 Å². The number of carbonyl (C=O) groups is 1. The summed E-state index contributed by atoms with van der Waals surface area (Å²) in [6.45, 7) is 2.86. The molecule has 0 spiro atoms. The molecule has 0 bridgehead atoms. The second-order valence-electron chi connectivity index (χ2n) is 6.27. The van der Waals surface area contributed by atoms with Crippen LogP contribution in [0.1, 0.15) is 61.6 Å². The highest BCUT2D eigenvalue weighted by molar-refractivity contribution is 5.94. The Kier molecular flexibility index (Phi) is 8.71. The van der Waals surface area contributed by atoms with E-state index in [9.17, 15) is 14.9 Å². The maximum absolute atomic E-state index is 12.0. The summed E-state index contributed by atoms with van der Waals surface area (Å²) in [5.74, 6) is 0.103. The first-order chi connectivity index (χ1) is 13.6. The number of carbonyl (C=O) groups excluding carboxylic acids is 1. The summed E-state index contributed by atoms with van der Waals surface area (Å²) in [5.41, 5.74) is 2.77. The normalized spacial score (nSPS) is 10.9. The fraction of sp³-hybridized carbons (Fsp3) is 0.400. The number of furan rings is 1. The van der Waals surface area contributed by atoms with Gasteiger partial charge in [-0.2, -0.15) is 5.10 Å². The molecule has 0 saturated heterocycles. The van der Waals surface area contributed by atoms with Crippen molar-refractivity contribution in [1.29, 1.82) is 0 Å². The Hall–Kier alpha value is -3.16. The number of benzene rings is 1. The van der Waals surface area contributed by atoms with Crippen LogP contribution in [0.5, 0.6) is 5.75 Å². The van der Waals surface area contributed by atoms with E-state index in [-0.39, 0.29) is 11.6 Å². The first-order valence-corrected chi connectivity index (χ1v) is 9.40. The topological polar surface area (TPSA) is 107 Å². The Morgan fingerprint density at radius 2 is 1.86 bits per heavy atom. The van der Waals surface area contributed by atoms with E-state index < -0.39 is 10.8 Å². The van der Waals surface area contributed by atoms with Gasteiger partial charge in [0.05, 0.1) is 18.9 Å². The molecule has 8 nitrogen and oxygen atoms in total. The van der Waals surface area contributed by atoms with Gasteiger partial charge in [-0.3, -0.25) is 14.9 Å². The van der Waals surface area contributed by atoms with Crippen molar-refractivity contribution in [1.82, 2.24) is 5.43 Å². The lowest BCUT2D eigenvalue weighted by atomic mass is 10.1. The van der Waals surface area contributed by atoms with E-state index in [1.807, 2.05) is 0 Å². The molecule has 28 heavy (non-hydrogen) atoms. The summed E-state index contributed by atoms with van der Waals surface area (Å²) in [4.78, 5) is 21.9. The van der Waals surface area contributed by atoms with Crippen LogP contribution in [0.15, 0.2) is 45.9 Å². The van der Waals surface area contributed by atoms with E-state index in [1.54, 1.807) is 24.3 Å². The van der Waals surface area contributed by atoms with E-state index in [4.69, 9.17) is 9.15 Å². The van der Waals surface area contributed by atoms with Crippen LogP contribution in [0, 0.1) is 10.1 Å². The van der Waals surface area contributed by atoms with Gasteiger partial charge in [-0.15, -0.1) is 0 Å². The molecular formula is C20H25N3O5. The molecule has 0 radical (unpaired) electrons. The van der Waals surface area contributed by atoms with Gasteiger partial charge in [0.2, 0.25) is 0 Å². The number of hydrazone groups is 1. The number of ether oxygens (including phenoxy) is 1. The Bertz CT molecular complexity index is 783. The highest BCUT2D eigenvalue weighted by atomic mass is 16.6. The van der Waals surface area contributed by atoms with Gasteiger partial charge in [0.1, 0.15) is 10.7 Å². The lowest BCUT2D eigenvalue weighted by molar-refractivity contribution is -0.402. The molecule has 0 saturated carbocycles. The van der Waals surface area contributed by atoms with Crippen molar-refractivity contribution in [3.8, 4) is 5.75 Å². The molecule has 0 fully saturated rings. The highest BCUT2D eigenvalue weighted by Crippen LogP contribution is 2.15. The summed E-state index contributed by atoms with van der Waals surface area (Å²) >= 11 is 0. The summed E-state index contributed by atoms with van der Waals surface area (Å²) in [6, 6.07) is 9.40. The second-order valence-corrected chi connectivity index (χ2v) is 6.27. The van der Waals surface area contributed by atoms with E-state index in [0.717, 1.165) is 18.6 Å². The lowest BCUT2D eigenvalue weighted by Crippen LogP contribution is -2.17.